The van der Waals surface area contributed by atoms with Crippen LogP contribution in [0, 0.1) is 11.8 Å². The molecule has 1 amide bonds. The summed E-state index contributed by atoms with van der Waals surface area (Å²) in [5.74, 6) is 5.15. The Morgan fingerprint density at radius 2 is 2.00 bits per heavy atom. The van der Waals surface area contributed by atoms with Gasteiger partial charge in [0.1, 0.15) is 0 Å². The SMILES string of the molecule is NC(=O)CC#Cc1ccc(CCCO)cc1. The molecular formula is C13H15NO2. The molecule has 0 spiro atoms. The summed E-state index contributed by atoms with van der Waals surface area (Å²) in [4.78, 5) is 10.5. The predicted molar refractivity (Wildman–Crippen MR) is 62.5 cm³/mol. The maximum absolute atomic E-state index is 10.5. The van der Waals surface area contributed by atoms with Crippen molar-refractivity contribution in [3.63, 3.8) is 0 Å². The number of carbonyl (C=O) groups excluding carboxylic acids is 1. The Morgan fingerprint density at radius 3 is 2.56 bits per heavy atom. The third-order valence-electron chi connectivity index (χ3n) is 2.07. The van der Waals surface area contributed by atoms with Crippen LogP contribution in [0.1, 0.15) is 24.0 Å². The maximum Gasteiger partial charge on any atom is 0.229 e. The van der Waals surface area contributed by atoms with Gasteiger partial charge in [0.15, 0.2) is 0 Å². The zero-order valence-electron chi connectivity index (χ0n) is 9.07. The van der Waals surface area contributed by atoms with Gasteiger partial charge in [0.2, 0.25) is 5.91 Å². The second-order valence-corrected chi connectivity index (χ2v) is 3.47. The zero-order chi connectivity index (χ0) is 11.8. The molecule has 1 aromatic carbocycles. The largest absolute Gasteiger partial charge is 0.396 e. The van der Waals surface area contributed by atoms with Gasteiger partial charge in [-0.25, -0.2) is 0 Å². The van der Waals surface area contributed by atoms with Crippen LogP contribution in [0.4, 0.5) is 0 Å². The van der Waals surface area contributed by atoms with E-state index in [-0.39, 0.29) is 13.0 Å². The summed E-state index contributed by atoms with van der Waals surface area (Å²) in [6.45, 7) is 0.209. The van der Waals surface area contributed by atoms with Gasteiger partial charge in [-0.15, -0.1) is 0 Å². The van der Waals surface area contributed by atoms with E-state index in [0.717, 1.165) is 18.4 Å². The first-order valence-corrected chi connectivity index (χ1v) is 5.19. The summed E-state index contributed by atoms with van der Waals surface area (Å²) in [5, 5.41) is 8.68. The summed E-state index contributed by atoms with van der Waals surface area (Å²) >= 11 is 0. The van der Waals surface area contributed by atoms with Crippen LogP contribution in [-0.2, 0) is 11.2 Å². The van der Waals surface area contributed by atoms with Crippen molar-refractivity contribution in [3.05, 3.63) is 35.4 Å². The lowest BCUT2D eigenvalue weighted by atomic mass is 10.1. The standard InChI is InChI=1S/C13H15NO2/c14-13(16)5-1-3-11-6-8-12(9-7-11)4-2-10-15/h6-9,15H,2,4-5,10H2,(H2,14,16). The highest BCUT2D eigenvalue weighted by atomic mass is 16.2. The van der Waals surface area contributed by atoms with Gasteiger partial charge in [0, 0.05) is 12.2 Å². The van der Waals surface area contributed by atoms with Gasteiger partial charge < -0.3 is 10.8 Å². The van der Waals surface area contributed by atoms with E-state index in [1.165, 1.54) is 5.56 Å². The number of hydrogen-bond acceptors (Lipinski definition) is 2. The Balaban J connectivity index is 2.56. The summed E-state index contributed by atoms with van der Waals surface area (Å²) < 4.78 is 0. The Morgan fingerprint density at radius 1 is 1.31 bits per heavy atom. The van der Waals surface area contributed by atoms with E-state index in [4.69, 9.17) is 10.8 Å². The zero-order valence-corrected chi connectivity index (χ0v) is 9.07. The van der Waals surface area contributed by atoms with Gasteiger partial charge in [-0.3, -0.25) is 4.79 Å². The monoisotopic (exact) mass is 217 g/mol. The van der Waals surface area contributed by atoms with E-state index in [9.17, 15) is 4.79 Å². The van der Waals surface area contributed by atoms with E-state index in [1.54, 1.807) is 0 Å². The number of amides is 1. The molecule has 0 saturated carbocycles. The van der Waals surface area contributed by atoms with Crippen LogP contribution in [0.3, 0.4) is 0 Å². The van der Waals surface area contributed by atoms with E-state index < -0.39 is 5.91 Å². The molecule has 1 aromatic rings. The molecule has 0 unspecified atom stereocenters. The molecule has 3 N–H and O–H groups in total. The number of aliphatic hydroxyl groups excluding tert-OH is 1. The molecule has 3 nitrogen and oxygen atoms in total. The van der Waals surface area contributed by atoms with E-state index in [2.05, 4.69) is 11.8 Å². The highest BCUT2D eigenvalue weighted by Gasteiger charge is 1.92. The molecule has 0 aliphatic carbocycles. The molecule has 3 heteroatoms. The topological polar surface area (TPSA) is 63.3 Å². The van der Waals surface area contributed by atoms with E-state index >= 15 is 0 Å². The summed E-state index contributed by atoms with van der Waals surface area (Å²) in [5.41, 5.74) is 7.02. The van der Waals surface area contributed by atoms with Crippen LogP contribution in [0.15, 0.2) is 24.3 Å². The Kier molecular flexibility index (Phi) is 5.10. The molecule has 0 atom stereocenters. The minimum Gasteiger partial charge on any atom is -0.396 e. The lowest BCUT2D eigenvalue weighted by Gasteiger charge is -1.98. The highest BCUT2D eigenvalue weighted by molar-refractivity contribution is 5.76. The maximum atomic E-state index is 10.5. The summed E-state index contributed by atoms with van der Waals surface area (Å²) in [6.07, 6.45) is 1.73. The first-order valence-electron chi connectivity index (χ1n) is 5.19. The molecule has 0 saturated heterocycles. The van der Waals surface area contributed by atoms with Gasteiger partial charge in [-0.05, 0) is 30.5 Å². The number of aliphatic hydroxyl groups is 1. The van der Waals surface area contributed by atoms with Crippen LogP contribution in [0.25, 0.3) is 0 Å². The molecule has 0 aliphatic heterocycles. The highest BCUT2D eigenvalue weighted by Crippen LogP contribution is 2.05. The van der Waals surface area contributed by atoms with Gasteiger partial charge in [-0.1, -0.05) is 24.0 Å². The minimum absolute atomic E-state index is 0.0895. The number of benzene rings is 1. The fourth-order valence-corrected chi connectivity index (χ4v) is 1.27. The lowest BCUT2D eigenvalue weighted by Crippen LogP contribution is -2.08. The van der Waals surface area contributed by atoms with Crippen molar-refractivity contribution < 1.29 is 9.90 Å². The van der Waals surface area contributed by atoms with Crippen LogP contribution >= 0.6 is 0 Å². The number of hydrogen-bond donors (Lipinski definition) is 2. The second kappa shape index (κ2) is 6.65. The lowest BCUT2D eigenvalue weighted by molar-refractivity contribution is -0.117. The molecular weight excluding hydrogens is 202 g/mol. The number of primary amides is 1. The van der Waals surface area contributed by atoms with Gasteiger partial charge in [-0.2, -0.15) is 0 Å². The first kappa shape index (κ1) is 12.3. The number of aryl methyl sites for hydroxylation is 1. The molecule has 0 heterocycles. The molecule has 0 radical (unpaired) electrons. The van der Waals surface area contributed by atoms with Crippen molar-refractivity contribution in [1.29, 1.82) is 0 Å². The third-order valence-corrected chi connectivity index (χ3v) is 2.07. The van der Waals surface area contributed by atoms with Crippen molar-refractivity contribution in [2.45, 2.75) is 19.3 Å². The molecule has 84 valence electrons. The van der Waals surface area contributed by atoms with Crippen LogP contribution < -0.4 is 5.73 Å². The minimum atomic E-state index is -0.410. The van der Waals surface area contributed by atoms with Crippen molar-refractivity contribution in [1.82, 2.24) is 0 Å². The Bertz CT molecular complexity index is 398. The van der Waals surface area contributed by atoms with Crippen molar-refractivity contribution in [3.8, 4) is 11.8 Å². The van der Waals surface area contributed by atoms with Gasteiger partial charge in [0.05, 0.1) is 6.42 Å². The quantitative estimate of drug-likeness (QED) is 0.734. The average Bonchev–Trinajstić information content (AvgIpc) is 2.27. The molecule has 0 aromatic heterocycles. The Hall–Kier alpha value is -1.79. The van der Waals surface area contributed by atoms with Crippen molar-refractivity contribution in [2.75, 3.05) is 6.61 Å². The summed E-state index contributed by atoms with van der Waals surface area (Å²) in [7, 11) is 0. The predicted octanol–water partition coefficient (Wildman–Crippen LogP) is 0.838. The number of carbonyl (C=O) groups is 1. The van der Waals surface area contributed by atoms with Crippen molar-refractivity contribution in [2.24, 2.45) is 5.73 Å². The average molecular weight is 217 g/mol. The molecule has 0 aliphatic rings. The fraction of sp³-hybridized carbons (Fsp3) is 0.308. The number of rotatable bonds is 4. The normalized spacial score (nSPS) is 9.31. The third kappa shape index (κ3) is 4.63. The van der Waals surface area contributed by atoms with Crippen LogP contribution in [0.2, 0.25) is 0 Å². The van der Waals surface area contributed by atoms with E-state index in [1.807, 2.05) is 24.3 Å². The van der Waals surface area contributed by atoms with Gasteiger partial charge >= 0.3 is 0 Å². The van der Waals surface area contributed by atoms with Crippen LogP contribution in [-0.4, -0.2) is 17.6 Å². The first-order chi connectivity index (χ1) is 7.72. The molecule has 1 rings (SSSR count). The smallest absolute Gasteiger partial charge is 0.229 e. The fourth-order valence-electron chi connectivity index (χ4n) is 1.27. The number of nitrogens with two attached hydrogens (primary N) is 1. The van der Waals surface area contributed by atoms with Crippen molar-refractivity contribution >= 4 is 5.91 Å². The molecule has 16 heavy (non-hydrogen) atoms. The Labute approximate surface area is 95.3 Å². The molecule has 0 fully saturated rings. The molecule has 0 bridgehead atoms. The van der Waals surface area contributed by atoms with E-state index in [0.29, 0.717) is 0 Å². The second-order valence-electron chi connectivity index (χ2n) is 3.47. The summed E-state index contributed by atoms with van der Waals surface area (Å²) in [6, 6.07) is 7.76. The van der Waals surface area contributed by atoms with Crippen LogP contribution in [0.5, 0.6) is 0 Å². The van der Waals surface area contributed by atoms with Gasteiger partial charge in [0.25, 0.3) is 0 Å².